The van der Waals surface area contributed by atoms with Crippen LogP contribution in [0.15, 0.2) is 17.0 Å². The normalized spacial score (nSPS) is 17.4. The fourth-order valence-corrected chi connectivity index (χ4v) is 4.51. The standard InChI is InChI=1S/C13H17ClN2O4S/c1-10-8-11(14)12(16(17)18)9-13(10)21(19,20)15-6-4-2-3-5-7-15/h8-9H,2-7H2,1H3. The number of hydrogen-bond donors (Lipinski definition) is 0. The smallest absolute Gasteiger partial charge is 0.258 e. The number of benzene rings is 1. The Labute approximate surface area is 128 Å². The zero-order valence-corrected chi connectivity index (χ0v) is 13.3. The van der Waals surface area contributed by atoms with E-state index in [0.717, 1.165) is 31.7 Å². The average Bonchev–Trinajstić information content (AvgIpc) is 2.67. The topological polar surface area (TPSA) is 80.5 Å². The van der Waals surface area contributed by atoms with Crippen LogP contribution in [0, 0.1) is 17.0 Å². The molecular formula is C13H17ClN2O4S. The van der Waals surface area contributed by atoms with Crippen molar-refractivity contribution in [2.24, 2.45) is 0 Å². The van der Waals surface area contributed by atoms with Gasteiger partial charge in [-0.25, -0.2) is 8.42 Å². The molecule has 0 amide bonds. The van der Waals surface area contributed by atoms with Gasteiger partial charge < -0.3 is 0 Å². The number of rotatable bonds is 3. The summed E-state index contributed by atoms with van der Waals surface area (Å²) in [4.78, 5) is 10.3. The lowest BCUT2D eigenvalue weighted by Gasteiger charge is -2.21. The van der Waals surface area contributed by atoms with Crippen LogP contribution in [-0.4, -0.2) is 30.7 Å². The van der Waals surface area contributed by atoms with Crippen molar-refractivity contribution in [3.63, 3.8) is 0 Å². The van der Waals surface area contributed by atoms with E-state index in [-0.39, 0.29) is 15.6 Å². The molecule has 0 unspecified atom stereocenters. The highest BCUT2D eigenvalue weighted by Crippen LogP contribution is 2.32. The van der Waals surface area contributed by atoms with Gasteiger partial charge in [-0.1, -0.05) is 24.4 Å². The second-order valence-corrected chi connectivity index (χ2v) is 7.46. The van der Waals surface area contributed by atoms with Crippen LogP contribution in [0.1, 0.15) is 31.2 Å². The molecule has 21 heavy (non-hydrogen) atoms. The molecule has 0 spiro atoms. The largest absolute Gasteiger partial charge is 0.289 e. The molecule has 1 aromatic rings. The first kappa shape index (κ1) is 16.2. The lowest BCUT2D eigenvalue weighted by molar-refractivity contribution is -0.384. The third-order valence-electron chi connectivity index (χ3n) is 3.62. The Hall–Kier alpha value is -1.18. The van der Waals surface area contributed by atoms with Crippen LogP contribution in [0.3, 0.4) is 0 Å². The Balaban J connectivity index is 2.48. The molecule has 116 valence electrons. The zero-order valence-electron chi connectivity index (χ0n) is 11.7. The molecule has 1 aliphatic heterocycles. The Kier molecular flexibility index (Phi) is 4.85. The molecule has 0 bridgehead atoms. The van der Waals surface area contributed by atoms with Gasteiger partial charge in [0.2, 0.25) is 10.0 Å². The van der Waals surface area contributed by atoms with Gasteiger partial charge in [-0.2, -0.15) is 4.31 Å². The highest BCUT2D eigenvalue weighted by atomic mass is 35.5. The summed E-state index contributed by atoms with van der Waals surface area (Å²) in [5, 5.41) is 10.9. The van der Waals surface area contributed by atoms with Crippen LogP contribution in [-0.2, 0) is 10.0 Å². The zero-order chi connectivity index (χ0) is 15.6. The van der Waals surface area contributed by atoms with Crippen molar-refractivity contribution in [1.82, 2.24) is 4.31 Å². The van der Waals surface area contributed by atoms with Crippen molar-refractivity contribution < 1.29 is 13.3 Å². The van der Waals surface area contributed by atoms with Gasteiger partial charge >= 0.3 is 0 Å². The Morgan fingerprint density at radius 2 is 1.76 bits per heavy atom. The van der Waals surface area contributed by atoms with Crippen molar-refractivity contribution in [3.05, 3.63) is 32.8 Å². The number of nitro groups is 1. The number of halogens is 1. The minimum atomic E-state index is -3.72. The molecule has 6 nitrogen and oxygen atoms in total. The van der Waals surface area contributed by atoms with Crippen molar-refractivity contribution >= 4 is 27.3 Å². The molecule has 0 N–H and O–H groups in total. The Bertz CT molecular complexity index is 652. The Morgan fingerprint density at radius 1 is 1.19 bits per heavy atom. The van der Waals surface area contributed by atoms with Gasteiger partial charge in [0, 0.05) is 19.2 Å². The predicted octanol–water partition coefficient (Wildman–Crippen LogP) is 3.12. The summed E-state index contributed by atoms with van der Waals surface area (Å²) >= 11 is 5.81. The van der Waals surface area contributed by atoms with E-state index in [4.69, 9.17) is 11.6 Å². The van der Waals surface area contributed by atoms with Crippen LogP contribution in [0.25, 0.3) is 0 Å². The van der Waals surface area contributed by atoms with E-state index in [9.17, 15) is 18.5 Å². The van der Waals surface area contributed by atoms with Crippen molar-refractivity contribution in [3.8, 4) is 0 Å². The summed E-state index contributed by atoms with van der Waals surface area (Å²) in [7, 11) is -3.72. The van der Waals surface area contributed by atoms with E-state index in [1.165, 1.54) is 10.4 Å². The summed E-state index contributed by atoms with van der Waals surface area (Å²) in [5.41, 5.74) is 0.0468. The predicted molar refractivity (Wildman–Crippen MR) is 80.1 cm³/mol. The van der Waals surface area contributed by atoms with E-state index in [2.05, 4.69) is 0 Å². The summed E-state index contributed by atoms with van der Waals surface area (Å²) < 4.78 is 26.8. The molecule has 8 heteroatoms. The lowest BCUT2D eigenvalue weighted by atomic mass is 10.2. The molecule has 1 fully saturated rings. The van der Waals surface area contributed by atoms with E-state index in [1.807, 2.05) is 0 Å². The number of sulfonamides is 1. The summed E-state index contributed by atoms with van der Waals surface area (Å²) in [6.45, 7) is 2.51. The lowest BCUT2D eigenvalue weighted by Crippen LogP contribution is -2.32. The first-order chi connectivity index (χ1) is 9.84. The maximum Gasteiger partial charge on any atom is 0.289 e. The molecule has 0 aliphatic carbocycles. The number of aryl methyl sites for hydroxylation is 1. The minimum absolute atomic E-state index is 0.0273. The molecule has 1 aliphatic rings. The van der Waals surface area contributed by atoms with E-state index < -0.39 is 14.9 Å². The van der Waals surface area contributed by atoms with Crippen LogP contribution in [0.4, 0.5) is 5.69 Å². The highest BCUT2D eigenvalue weighted by molar-refractivity contribution is 7.89. The molecule has 0 atom stereocenters. The van der Waals surface area contributed by atoms with Crippen molar-refractivity contribution in [2.45, 2.75) is 37.5 Å². The number of nitrogens with zero attached hydrogens (tertiary/aromatic N) is 2. The summed E-state index contributed by atoms with van der Waals surface area (Å²) in [6, 6.07) is 2.41. The Morgan fingerprint density at radius 3 is 2.29 bits per heavy atom. The molecule has 0 aromatic heterocycles. The molecule has 0 saturated carbocycles. The number of nitro benzene ring substituents is 1. The van der Waals surface area contributed by atoms with Crippen LogP contribution < -0.4 is 0 Å². The molecule has 0 radical (unpaired) electrons. The third kappa shape index (κ3) is 3.36. The molecule has 1 aromatic carbocycles. The second kappa shape index (κ2) is 6.29. The van der Waals surface area contributed by atoms with E-state index in [0.29, 0.717) is 18.7 Å². The van der Waals surface area contributed by atoms with Crippen molar-refractivity contribution in [1.29, 1.82) is 0 Å². The van der Waals surface area contributed by atoms with E-state index in [1.54, 1.807) is 6.92 Å². The van der Waals surface area contributed by atoms with Crippen LogP contribution >= 0.6 is 11.6 Å². The van der Waals surface area contributed by atoms with Crippen molar-refractivity contribution in [2.75, 3.05) is 13.1 Å². The minimum Gasteiger partial charge on any atom is -0.258 e. The molecular weight excluding hydrogens is 316 g/mol. The quantitative estimate of drug-likeness (QED) is 0.629. The molecule has 1 saturated heterocycles. The SMILES string of the molecule is Cc1cc(Cl)c([N+](=O)[O-])cc1S(=O)(=O)N1CCCCCC1. The number of hydrogen-bond acceptors (Lipinski definition) is 4. The first-order valence-corrected chi connectivity index (χ1v) is 8.60. The fourth-order valence-electron chi connectivity index (χ4n) is 2.48. The van der Waals surface area contributed by atoms with Gasteiger partial charge in [0.25, 0.3) is 5.69 Å². The summed E-state index contributed by atoms with van der Waals surface area (Å²) in [5.74, 6) is 0. The molecule has 1 heterocycles. The maximum atomic E-state index is 12.7. The monoisotopic (exact) mass is 332 g/mol. The first-order valence-electron chi connectivity index (χ1n) is 6.78. The third-order valence-corrected chi connectivity index (χ3v) is 5.97. The highest BCUT2D eigenvalue weighted by Gasteiger charge is 2.29. The van der Waals surface area contributed by atoms with Gasteiger partial charge in [-0.3, -0.25) is 10.1 Å². The van der Waals surface area contributed by atoms with Gasteiger partial charge in [0.15, 0.2) is 0 Å². The maximum absolute atomic E-state index is 12.7. The van der Waals surface area contributed by atoms with Gasteiger partial charge in [-0.05, 0) is 31.4 Å². The second-order valence-electron chi connectivity index (χ2n) is 5.14. The van der Waals surface area contributed by atoms with Gasteiger partial charge in [0.1, 0.15) is 5.02 Å². The van der Waals surface area contributed by atoms with E-state index >= 15 is 0 Å². The van der Waals surface area contributed by atoms with Gasteiger partial charge in [-0.15, -0.1) is 0 Å². The van der Waals surface area contributed by atoms with Gasteiger partial charge in [0.05, 0.1) is 9.82 Å². The van der Waals surface area contributed by atoms with Crippen LogP contribution in [0.5, 0.6) is 0 Å². The fraction of sp³-hybridized carbons (Fsp3) is 0.538. The van der Waals surface area contributed by atoms with Crippen LogP contribution in [0.2, 0.25) is 5.02 Å². The summed E-state index contributed by atoms with van der Waals surface area (Å²) in [6.07, 6.45) is 3.64. The molecule has 2 rings (SSSR count). The average molecular weight is 333 g/mol.